The highest BCUT2D eigenvalue weighted by Gasteiger charge is 2.76. The largest absolute Gasteiger partial charge is 0.462 e. The standard InChI is InChI=1S/C13H12F6O3S/c14-12(15,16)11(21,13(17,18)19)10(20)22-6-7-23-8-9-4-2-1-3-5-9/h1-5,21H,6-8H2. The predicted molar refractivity (Wildman–Crippen MR) is 70.6 cm³/mol. The van der Waals surface area contributed by atoms with Gasteiger partial charge in [0.05, 0.1) is 0 Å². The van der Waals surface area contributed by atoms with Crippen molar-refractivity contribution in [3.05, 3.63) is 35.9 Å². The monoisotopic (exact) mass is 362 g/mol. The number of esters is 1. The molecule has 1 aromatic carbocycles. The van der Waals surface area contributed by atoms with Crippen molar-refractivity contribution in [2.45, 2.75) is 23.7 Å². The highest BCUT2D eigenvalue weighted by atomic mass is 32.2. The molecule has 1 N–H and O–H groups in total. The third kappa shape index (κ3) is 4.77. The van der Waals surface area contributed by atoms with E-state index in [1.54, 1.807) is 30.3 Å². The van der Waals surface area contributed by atoms with Crippen LogP contribution in [0.15, 0.2) is 30.3 Å². The number of aliphatic hydroxyl groups is 1. The lowest BCUT2D eigenvalue weighted by Gasteiger charge is -2.29. The van der Waals surface area contributed by atoms with Gasteiger partial charge in [-0.05, 0) is 5.56 Å². The summed E-state index contributed by atoms with van der Waals surface area (Å²) in [7, 11) is 0. The molecule has 1 rings (SSSR count). The van der Waals surface area contributed by atoms with Gasteiger partial charge in [-0.1, -0.05) is 30.3 Å². The second-order valence-electron chi connectivity index (χ2n) is 4.38. The molecule has 0 aliphatic rings. The van der Waals surface area contributed by atoms with Crippen molar-refractivity contribution in [3.63, 3.8) is 0 Å². The van der Waals surface area contributed by atoms with Gasteiger partial charge in [0, 0.05) is 11.5 Å². The number of benzene rings is 1. The number of carbonyl (C=O) groups is 1. The molecule has 0 amide bonds. The van der Waals surface area contributed by atoms with Crippen LogP contribution in [-0.4, -0.2) is 41.4 Å². The lowest BCUT2D eigenvalue weighted by molar-refractivity contribution is -0.356. The van der Waals surface area contributed by atoms with Gasteiger partial charge in [0.1, 0.15) is 6.61 Å². The Morgan fingerprint density at radius 3 is 2.04 bits per heavy atom. The van der Waals surface area contributed by atoms with Crippen LogP contribution in [0.4, 0.5) is 26.3 Å². The van der Waals surface area contributed by atoms with Crippen LogP contribution < -0.4 is 0 Å². The fraction of sp³-hybridized carbons (Fsp3) is 0.462. The second-order valence-corrected chi connectivity index (χ2v) is 5.49. The van der Waals surface area contributed by atoms with E-state index in [4.69, 9.17) is 5.11 Å². The van der Waals surface area contributed by atoms with Crippen LogP contribution in [0, 0.1) is 0 Å². The summed E-state index contributed by atoms with van der Waals surface area (Å²) < 4.78 is 78.2. The summed E-state index contributed by atoms with van der Waals surface area (Å²) in [4.78, 5) is 11.1. The van der Waals surface area contributed by atoms with E-state index in [0.29, 0.717) is 5.75 Å². The molecule has 1 aromatic rings. The van der Waals surface area contributed by atoms with Crippen molar-refractivity contribution in [1.29, 1.82) is 0 Å². The molecule has 0 atom stereocenters. The van der Waals surface area contributed by atoms with Crippen LogP contribution in [0.5, 0.6) is 0 Å². The average Bonchev–Trinajstić information content (AvgIpc) is 2.44. The fourth-order valence-electron chi connectivity index (χ4n) is 1.45. The molecule has 0 unspecified atom stereocenters. The molecular weight excluding hydrogens is 350 g/mol. The number of alkyl halides is 6. The lowest BCUT2D eigenvalue weighted by Crippen LogP contribution is -2.63. The van der Waals surface area contributed by atoms with E-state index in [9.17, 15) is 31.1 Å². The molecule has 10 heteroatoms. The van der Waals surface area contributed by atoms with Crippen LogP contribution in [-0.2, 0) is 15.3 Å². The summed E-state index contributed by atoms with van der Waals surface area (Å²) in [5, 5.41) is 8.76. The van der Waals surface area contributed by atoms with E-state index in [1.807, 2.05) is 0 Å². The number of ether oxygens (including phenoxy) is 1. The summed E-state index contributed by atoms with van der Waals surface area (Å²) in [5.41, 5.74) is -4.63. The minimum Gasteiger partial charge on any atom is -0.462 e. The van der Waals surface area contributed by atoms with E-state index in [2.05, 4.69) is 4.74 Å². The number of carbonyl (C=O) groups excluding carboxylic acids is 1. The van der Waals surface area contributed by atoms with Gasteiger partial charge in [-0.25, -0.2) is 4.79 Å². The Balaban J connectivity index is 2.51. The van der Waals surface area contributed by atoms with Gasteiger partial charge in [-0.2, -0.15) is 38.1 Å². The van der Waals surface area contributed by atoms with Gasteiger partial charge in [0.2, 0.25) is 0 Å². The summed E-state index contributed by atoms with van der Waals surface area (Å²) in [5.74, 6) is -2.36. The first-order valence-corrected chi connectivity index (χ1v) is 7.30. The summed E-state index contributed by atoms with van der Waals surface area (Å²) in [6.07, 6.45) is -12.4. The molecule has 0 aliphatic heterocycles. The molecule has 0 radical (unpaired) electrons. The smallest absolute Gasteiger partial charge is 0.437 e. The molecule has 3 nitrogen and oxygen atoms in total. The highest BCUT2D eigenvalue weighted by Crippen LogP contribution is 2.43. The number of hydrogen-bond donors (Lipinski definition) is 1. The number of halogens is 6. The van der Waals surface area contributed by atoms with Gasteiger partial charge in [0.25, 0.3) is 0 Å². The van der Waals surface area contributed by atoms with Crippen molar-refractivity contribution in [3.8, 4) is 0 Å². The molecule has 0 spiro atoms. The van der Waals surface area contributed by atoms with Gasteiger partial charge < -0.3 is 9.84 Å². The van der Waals surface area contributed by atoms with E-state index in [-0.39, 0.29) is 5.75 Å². The lowest BCUT2D eigenvalue weighted by atomic mass is 10.0. The summed E-state index contributed by atoms with van der Waals surface area (Å²) >= 11 is 1.15. The molecule has 0 saturated heterocycles. The molecule has 0 bridgehead atoms. The SMILES string of the molecule is O=C(OCCSCc1ccccc1)C(O)(C(F)(F)F)C(F)(F)F. The Hall–Kier alpha value is -1.42. The van der Waals surface area contributed by atoms with Gasteiger partial charge in [-0.3, -0.25) is 0 Å². The Morgan fingerprint density at radius 2 is 1.57 bits per heavy atom. The minimum absolute atomic E-state index is 0.0214. The zero-order valence-corrected chi connectivity index (χ0v) is 12.3. The topological polar surface area (TPSA) is 46.5 Å². The molecule has 0 aromatic heterocycles. The van der Waals surface area contributed by atoms with Crippen molar-refractivity contribution in [2.24, 2.45) is 0 Å². The van der Waals surface area contributed by atoms with Crippen molar-refractivity contribution < 1.29 is 41.0 Å². The Kier molecular flexibility index (Phi) is 6.34. The van der Waals surface area contributed by atoms with Crippen molar-refractivity contribution >= 4 is 17.7 Å². The highest BCUT2D eigenvalue weighted by molar-refractivity contribution is 7.98. The molecule has 130 valence electrons. The Morgan fingerprint density at radius 1 is 1.04 bits per heavy atom. The number of hydrogen-bond acceptors (Lipinski definition) is 4. The molecule has 23 heavy (non-hydrogen) atoms. The quantitative estimate of drug-likeness (QED) is 0.479. The van der Waals surface area contributed by atoms with Crippen molar-refractivity contribution in [2.75, 3.05) is 12.4 Å². The molecule has 0 aliphatic carbocycles. The van der Waals surface area contributed by atoms with E-state index in [0.717, 1.165) is 17.3 Å². The van der Waals surface area contributed by atoms with Crippen LogP contribution >= 0.6 is 11.8 Å². The maximum atomic E-state index is 12.4. The van der Waals surface area contributed by atoms with E-state index >= 15 is 0 Å². The fourth-order valence-corrected chi connectivity index (χ4v) is 2.23. The average molecular weight is 362 g/mol. The zero-order valence-electron chi connectivity index (χ0n) is 11.4. The van der Waals surface area contributed by atoms with Crippen LogP contribution in [0.2, 0.25) is 0 Å². The van der Waals surface area contributed by atoms with Crippen LogP contribution in [0.1, 0.15) is 5.56 Å². The molecule has 0 heterocycles. The first-order chi connectivity index (χ1) is 10.5. The normalized spacial score (nSPS) is 13.0. The first-order valence-electron chi connectivity index (χ1n) is 6.15. The van der Waals surface area contributed by atoms with Crippen LogP contribution in [0.25, 0.3) is 0 Å². The molecule has 0 fully saturated rings. The van der Waals surface area contributed by atoms with Gasteiger partial charge >= 0.3 is 23.9 Å². The molecular formula is C13H12F6O3S. The molecule has 0 saturated carbocycles. The number of rotatable bonds is 6. The van der Waals surface area contributed by atoms with Crippen LogP contribution in [0.3, 0.4) is 0 Å². The first kappa shape index (κ1) is 19.6. The zero-order chi connectivity index (χ0) is 17.7. The third-order valence-electron chi connectivity index (χ3n) is 2.69. The third-order valence-corrected chi connectivity index (χ3v) is 3.68. The number of thioether (sulfide) groups is 1. The van der Waals surface area contributed by atoms with E-state index < -0.39 is 30.5 Å². The second kappa shape index (κ2) is 7.43. The maximum Gasteiger partial charge on any atom is 0.437 e. The predicted octanol–water partition coefficient (Wildman–Crippen LogP) is 3.32. The summed E-state index contributed by atoms with van der Waals surface area (Å²) in [6, 6.07) is 8.88. The Labute approximate surface area is 131 Å². The van der Waals surface area contributed by atoms with Gasteiger partial charge in [0.15, 0.2) is 0 Å². The Bertz CT molecular complexity index is 501. The van der Waals surface area contributed by atoms with Gasteiger partial charge in [-0.15, -0.1) is 0 Å². The maximum absolute atomic E-state index is 12.4. The van der Waals surface area contributed by atoms with Crippen molar-refractivity contribution in [1.82, 2.24) is 0 Å². The van der Waals surface area contributed by atoms with E-state index in [1.165, 1.54) is 0 Å². The minimum atomic E-state index is -6.22. The summed E-state index contributed by atoms with van der Waals surface area (Å²) in [6.45, 7) is -0.690.